The van der Waals surface area contributed by atoms with Gasteiger partial charge in [0, 0.05) is 12.7 Å². The molecule has 5 nitrogen and oxygen atoms in total. The van der Waals surface area contributed by atoms with Crippen LogP contribution in [-0.2, 0) is 11.2 Å². The molecule has 0 saturated heterocycles. The van der Waals surface area contributed by atoms with E-state index in [4.69, 9.17) is 5.73 Å². The second kappa shape index (κ2) is 6.52. The van der Waals surface area contributed by atoms with Gasteiger partial charge in [0.25, 0.3) is 0 Å². The summed E-state index contributed by atoms with van der Waals surface area (Å²) in [4.78, 5) is 15.2. The Hall–Kier alpha value is -2.04. The van der Waals surface area contributed by atoms with Gasteiger partial charge in [-0.05, 0) is 24.1 Å². The number of nitrogens with one attached hydrogen (secondary N) is 2. The van der Waals surface area contributed by atoms with Crippen LogP contribution in [0, 0.1) is 0 Å². The highest BCUT2D eigenvalue weighted by Crippen LogP contribution is 2.10. The number of amides is 1. The van der Waals surface area contributed by atoms with Crippen molar-refractivity contribution in [1.29, 1.82) is 0 Å². The number of anilines is 1. The molecule has 0 unspecified atom stereocenters. The fourth-order valence-electron chi connectivity index (χ4n) is 1.32. The van der Waals surface area contributed by atoms with Crippen LogP contribution >= 0.6 is 0 Å². The number of carbonyl (C=O) groups is 1. The summed E-state index contributed by atoms with van der Waals surface area (Å²) < 4.78 is 0. The maximum atomic E-state index is 11.5. The topological polar surface area (TPSA) is 79.5 Å². The molecular formula is C12H18N4O. The highest BCUT2D eigenvalue weighted by atomic mass is 16.1. The first-order valence-corrected chi connectivity index (χ1v) is 5.50. The number of aryl methyl sites for hydroxylation is 1. The van der Waals surface area contributed by atoms with Crippen molar-refractivity contribution < 1.29 is 4.79 Å². The monoisotopic (exact) mass is 234 g/mol. The smallest absolute Gasteiger partial charge is 0.243 e. The third kappa shape index (κ3) is 4.55. The summed E-state index contributed by atoms with van der Waals surface area (Å²) in [6.07, 6.45) is 0.942. The molecule has 17 heavy (non-hydrogen) atoms. The third-order valence-corrected chi connectivity index (χ3v) is 2.29. The molecule has 1 aromatic rings. The number of benzene rings is 1. The highest BCUT2D eigenvalue weighted by molar-refractivity contribution is 5.94. The summed E-state index contributed by atoms with van der Waals surface area (Å²) >= 11 is 0. The molecule has 0 aromatic heterocycles. The van der Waals surface area contributed by atoms with Gasteiger partial charge >= 0.3 is 0 Å². The average molecular weight is 234 g/mol. The molecule has 0 fully saturated rings. The highest BCUT2D eigenvalue weighted by Gasteiger charge is 2.02. The van der Waals surface area contributed by atoms with Gasteiger partial charge in [-0.2, -0.15) is 0 Å². The lowest BCUT2D eigenvalue weighted by Gasteiger charge is -2.07. The zero-order valence-electron chi connectivity index (χ0n) is 10.2. The zero-order chi connectivity index (χ0) is 12.7. The summed E-state index contributed by atoms with van der Waals surface area (Å²) in [6.45, 7) is 2.18. The van der Waals surface area contributed by atoms with Gasteiger partial charge in [-0.1, -0.05) is 19.1 Å². The first-order valence-electron chi connectivity index (χ1n) is 5.50. The van der Waals surface area contributed by atoms with E-state index in [1.165, 1.54) is 5.56 Å². The second-order valence-electron chi connectivity index (χ2n) is 3.56. The van der Waals surface area contributed by atoms with Crippen LogP contribution in [0.1, 0.15) is 12.5 Å². The molecular weight excluding hydrogens is 216 g/mol. The minimum atomic E-state index is -0.148. The summed E-state index contributed by atoms with van der Waals surface area (Å²) in [5.74, 6) is 0.104. The molecule has 0 spiro atoms. The Balaban J connectivity index is 2.50. The van der Waals surface area contributed by atoms with Crippen LogP contribution in [-0.4, -0.2) is 25.5 Å². The van der Waals surface area contributed by atoms with Gasteiger partial charge in [0.1, 0.15) is 0 Å². The Morgan fingerprint density at radius 2 is 2.24 bits per heavy atom. The van der Waals surface area contributed by atoms with Gasteiger partial charge in [0.2, 0.25) is 5.91 Å². The van der Waals surface area contributed by atoms with Gasteiger partial charge in [-0.25, -0.2) is 0 Å². The van der Waals surface area contributed by atoms with Crippen LogP contribution in [0.3, 0.4) is 0 Å². The van der Waals surface area contributed by atoms with Gasteiger partial charge in [0.05, 0.1) is 6.54 Å². The lowest BCUT2D eigenvalue weighted by Crippen LogP contribution is -2.37. The molecule has 0 radical (unpaired) electrons. The average Bonchev–Trinajstić information content (AvgIpc) is 2.36. The summed E-state index contributed by atoms with van der Waals surface area (Å²) in [7, 11) is 1.56. The van der Waals surface area contributed by atoms with Crippen molar-refractivity contribution >= 4 is 17.6 Å². The number of hydrogen-bond donors (Lipinski definition) is 3. The van der Waals surface area contributed by atoms with Crippen molar-refractivity contribution in [3.63, 3.8) is 0 Å². The van der Waals surface area contributed by atoms with Crippen LogP contribution in [0.4, 0.5) is 5.69 Å². The molecule has 5 heteroatoms. The molecule has 0 bridgehead atoms. The lowest BCUT2D eigenvalue weighted by atomic mass is 10.1. The van der Waals surface area contributed by atoms with E-state index in [0.717, 1.165) is 12.1 Å². The number of carbonyl (C=O) groups excluding carboxylic acids is 1. The van der Waals surface area contributed by atoms with Gasteiger partial charge in [-0.15, -0.1) is 0 Å². The molecule has 0 saturated carbocycles. The van der Waals surface area contributed by atoms with Crippen molar-refractivity contribution in [3.05, 3.63) is 29.8 Å². The maximum Gasteiger partial charge on any atom is 0.243 e. The van der Waals surface area contributed by atoms with E-state index in [0.29, 0.717) is 0 Å². The minimum absolute atomic E-state index is 0.111. The number of aliphatic imine (C=N–C) groups is 1. The maximum absolute atomic E-state index is 11.5. The van der Waals surface area contributed by atoms with Crippen LogP contribution in [0.5, 0.6) is 0 Å². The molecule has 4 N–H and O–H groups in total. The predicted molar refractivity (Wildman–Crippen MR) is 70.0 cm³/mol. The molecule has 1 aromatic carbocycles. The minimum Gasteiger partial charge on any atom is -0.370 e. The van der Waals surface area contributed by atoms with Crippen LogP contribution in [0.15, 0.2) is 29.3 Å². The molecule has 0 aliphatic heterocycles. The first-order chi connectivity index (χ1) is 8.15. The molecule has 92 valence electrons. The molecule has 0 heterocycles. The van der Waals surface area contributed by atoms with Crippen molar-refractivity contribution in [2.45, 2.75) is 13.3 Å². The summed E-state index contributed by atoms with van der Waals surface area (Å²) in [5, 5.41) is 5.48. The van der Waals surface area contributed by atoms with Crippen LogP contribution < -0.4 is 16.4 Å². The normalized spacial score (nSPS) is 11.1. The van der Waals surface area contributed by atoms with E-state index < -0.39 is 0 Å². The Labute approximate surface area is 101 Å². The summed E-state index contributed by atoms with van der Waals surface area (Å²) in [5.41, 5.74) is 7.40. The number of hydrogen-bond acceptors (Lipinski definition) is 2. The largest absolute Gasteiger partial charge is 0.370 e. The Bertz CT molecular complexity index is 415. The van der Waals surface area contributed by atoms with Gasteiger partial charge in [-0.3, -0.25) is 9.79 Å². The number of nitrogens with two attached hydrogens (primary N) is 1. The van der Waals surface area contributed by atoms with E-state index in [9.17, 15) is 4.79 Å². The Morgan fingerprint density at radius 1 is 1.47 bits per heavy atom. The van der Waals surface area contributed by atoms with Gasteiger partial charge in [0.15, 0.2) is 5.96 Å². The van der Waals surface area contributed by atoms with Crippen molar-refractivity contribution in [2.75, 3.05) is 18.9 Å². The fraction of sp³-hybridized carbons (Fsp3) is 0.333. The van der Waals surface area contributed by atoms with Crippen LogP contribution in [0.2, 0.25) is 0 Å². The van der Waals surface area contributed by atoms with E-state index in [1.54, 1.807) is 7.05 Å². The molecule has 1 rings (SSSR count). The predicted octanol–water partition coefficient (Wildman–Crippen LogP) is 0.722. The van der Waals surface area contributed by atoms with Gasteiger partial charge < -0.3 is 16.4 Å². The van der Waals surface area contributed by atoms with Crippen molar-refractivity contribution in [3.8, 4) is 0 Å². The molecule has 0 aliphatic rings. The quantitative estimate of drug-likeness (QED) is 0.530. The SMILES string of the molecule is CCc1cccc(NC(=O)CNC(N)=NC)c1. The lowest BCUT2D eigenvalue weighted by molar-refractivity contribution is -0.115. The fourth-order valence-corrected chi connectivity index (χ4v) is 1.32. The zero-order valence-corrected chi connectivity index (χ0v) is 10.2. The molecule has 0 aliphatic carbocycles. The van der Waals surface area contributed by atoms with E-state index in [-0.39, 0.29) is 18.4 Å². The Kier molecular flexibility index (Phi) is 5.00. The van der Waals surface area contributed by atoms with E-state index >= 15 is 0 Å². The van der Waals surface area contributed by atoms with Crippen molar-refractivity contribution in [1.82, 2.24) is 5.32 Å². The number of rotatable bonds is 4. The summed E-state index contributed by atoms with van der Waals surface area (Å²) in [6, 6.07) is 7.75. The van der Waals surface area contributed by atoms with Crippen molar-refractivity contribution in [2.24, 2.45) is 10.7 Å². The second-order valence-corrected chi connectivity index (χ2v) is 3.56. The van der Waals surface area contributed by atoms with E-state index in [1.807, 2.05) is 24.3 Å². The molecule has 0 atom stereocenters. The third-order valence-electron chi connectivity index (χ3n) is 2.29. The standard InChI is InChI=1S/C12H18N4O/c1-3-9-5-4-6-10(7-9)16-11(17)8-15-12(13)14-2/h4-7H,3,8H2,1-2H3,(H,16,17)(H3,13,14,15). The Morgan fingerprint density at radius 3 is 2.88 bits per heavy atom. The number of nitrogens with zero attached hydrogens (tertiary/aromatic N) is 1. The van der Waals surface area contributed by atoms with E-state index in [2.05, 4.69) is 22.5 Å². The number of guanidine groups is 1. The van der Waals surface area contributed by atoms with Crippen LogP contribution in [0.25, 0.3) is 0 Å². The first kappa shape index (κ1) is 13.0. The molecule has 1 amide bonds.